The summed E-state index contributed by atoms with van der Waals surface area (Å²) < 4.78 is 2.02. The van der Waals surface area contributed by atoms with Crippen LogP contribution in [0.1, 0.15) is 37.2 Å². The summed E-state index contributed by atoms with van der Waals surface area (Å²) in [6.07, 6.45) is 2.80. The molecule has 0 aliphatic rings. The molecule has 37 heavy (non-hydrogen) atoms. The minimum atomic E-state index is 0.606. The number of hydrogen-bond donors (Lipinski definition) is 2. The maximum atomic E-state index is 5.72. The van der Waals surface area contributed by atoms with E-state index in [-0.39, 0.29) is 0 Å². The molecule has 0 saturated carbocycles. The molecule has 0 radical (unpaired) electrons. The Hall–Kier alpha value is -4.17. The van der Waals surface area contributed by atoms with Gasteiger partial charge in [-0.25, -0.2) is 14.8 Å². The summed E-state index contributed by atoms with van der Waals surface area (Å²) in [4.78, 5) is 4.93. The number of aromatic nitrogens is 7. The molecule has 188 valence electrons. The highest BCUT2D eigenvalue weighted by Crippen LogP contribution is 2.30. The Bertz CT molecular complexity index is 1420. The van der Waals surface area contributed by atoms with E-state index in [1.54, 1.807) is 0 Å². The Morgan fingerprint density at radius 1 is 0.838 bits per heavy atom. The van der Waals surface area contributed by atoms with Crippen molar-refractivity contribution in [3.8, 4) is 33.9 Å². The molecule has 0 saturated heterocycles. The summed E-state index contributed by atoms with van der Waals surface area (Å²) in [5.74, 6) is 3.04. The summed E-state index contributed by atoms with van der Waals surface area (Å²) in [5.41, 5.74) is 12.3. The smallest absolute Gasteiger partial charge is 0.180 e. The van der Waals surface area contributed by atoms with Crippen LogP contribution in [0.15, 0.2) is 72.8 Å². The van der Waals surface area contributed by atoms with Crippen molar-refractivity contribution < 1.29 is 0 Å². The van der Waals surface area contributed by atoms with Gasteiger partial charge < -0.3 is 5.73 Å². The van der Waals surface area contributed by atoms with E-state index < -0.39 is 0 Å². The van der Waals surface area contributed by atoms with Crippen molar-refractivity contribution in [2.75, 3.05) is 6.54 Å². The number of benzene rings is 3. The molecule has 8 heteroatoms. The van der Waals surface area contributed by atoms with Gasteiger partial charge in [-0.3, -0.25) is 0 Å². The van der Waals surface area contributed by atoms with E-state index >= 15 is 0 Å². The summed E-state index contributed by atoms with van der Waals surface area (Å²) >= 11 is 0. The van der Waals surface area contributed by atoms with E-state index in [1.807, 2.05) is 22.9 Å². The second-order valence-corrected chi connectivity index (χ2v) is 9.67. The van der Waals surface area contributed by atoms with Gasteiger partial charge in [0, 0.05) is 17.5 Å². The molecule has 3 aromatic carbocycles. The van der Waals surface area contributed by atoms with Gasteiger partial charge in [0.05, 0.1) is 6.54 Å². The van der Waals surface area contributed by atoms with Crippen molar-refractivity contribution >= 4 is 0 Å². The Labute approximate surface area is 217 Å². The molecule has 5 rings (SSSR count). The van der Waals surface area contributed by atoms with E-state index in [9.17, 15) is 0 Å². The molecule has 0 bridgehead atoms. The Kier molecular flexibility index (Phi) is 7.46. The van der Waals surface area contributed by atoms with E-state index in [4.69, 9.17) is 15.8 Å². The van der Waals surface area contributed by atoms with Crippen LogP contribution in [0, 0.1) is 5.92 Å². The number of nitrogens with one attached hydrogen (secondary N) is 1. The van der Waals surface area contributed by atoms with Crippen LogP contribution in [0.3, 0.4) is 0 Å². The molecule has 0 unspecified atom stereocenters. The Morgan fingerprint density at radius 3 is 2.22 bits per heavy atom. The van der Waals surface area contributed by atoms with Crippen molar-refractivity contribution in [1.29, 1.82) is 0 Å². The van der Waals surface area contributed by atoms with Gasteiger partial charge in [-0.2, -0.15) is 5.10 Å². The third kappa shape index (κ3) is 5.81. The van der Waals surface area contributed by atoms with Gasteiger partial charge in [0.25, 0.3) is 0 Å². The standard InChI is InChI=1S/C29H32N8/c1-20(2)7-16-27-31-29(24-14-8-21(9-15-24)17-18-30)37(34-27)19-22-10-12-23(13-11-22)25-5-3-4-6-26(25)28-32-35-36-33-28/h3-6,8-15,20H,7,16-19,30H2,1-2H3,(H,32,33,35,36). The van der Waals surface area contributed by atoms with Crippen LogP contribution in [0.4, 0.5) is 0 Å². The molecule has 0 aliphatic heterocycles. The molecule has 2 heterocycles. The molecule has 2 aromatic heterocycles. The lowest BCUT2D eigenvalue weighted by molar-refractivity contribution is 0.569. The van der Waals surface area contributed by atoms with Crippen LogP contribution < -0.4 is 5.73 Å². The second kappa shape index (κ2) is 11.3. The number of hydrogen-bond acceptors (Lipinski definition) is 6. The third-order valence-electron chi connectivity index (χ3n) is 6.43. The number of nitrogens with zero attached hydrogens (tertiary/aromatic N) is 6. The fourth-order valence-corrected chi connectivity index (χ4v) is 4.40. The summed E-state index contributed by atoms with van der Waals surface area (Å²) in [6, 6.07) is 25.2. The number of nitrogens with two attached hydrogens (primary N) is 1. The van der Waals surface area contributed by atoms with E-state index in [0.717, 1.165) is 58.7 Å². The lowest BCUT2D eigenvalue weighted by atomic mass is 9.98. The molecule has 0 fully saturated rings. The predicted molar refractivity (Wildman–Crippen MR) is 146 cm³/mol. The van der Waals surface area contributed by atoms with Crippen molar-refractivity contribution in [2.24, 2.45) is 11.7 Å². The van der Waals surface area contributed by atoms with Crippen LogP contribution >= 0.6 is 0 Å². The van der Waals surface area contributed by atoms with Crippen LogP contribution in [0.5, 0.6) is 0 Å². The zero-order valence-electron chi connectivity index (χ0n) is 21.3. The van der Waals surface area contributed by atoms with Crippen LogP contribution in [-0.4, -0.2) is 41.9 Å². The van der Waals surface area contributed by atoms with Crippen molar-refractivity contribution in [1.82, 2.24) is 35.4 Å². The molecule has 0 amide bonds. The summed E-state index contributed by atoms with van der Waals surface area (Å²) in [7, 11) is 0. The number of tetrazole rings is 1. The largest absolute Gasteiger partial charge is 0.330 e. The first-order chi connectivity index (χ1) is 18.1. The van der Waals surface area contributed by atoms with Crippen molar-refractivity contribution in [2.45, 2.75) is 39.7 Å². The molecule has 0 aliphatic carbocycles. The third-order valence-corrected chi connectivity index (χ3v) is 6.43. The Morgan fingerprint density at radius 2 is 1.54 bits per heavy atom. The van der Waals surface area contributed by atoms with Crippen molar-refractivity contribution in [3.05, 3.63) is 89.7 Å². The van der Waals surface area contributed by atoms with Crippen LogP contribution in [-0.2, 0) is 19.4 Å². The minimum Gasteiger partial charge on any atom is -0.330 e. The van der Waals surface area contributed by atoms with Gasteiger partial charge in [0.2, 0.25) is 0 Å². The average Bonchev–Trinajstić information content (AvgIpc) is 3.59. The first-order valence-corrected chi connectivity index (χ1v) is 12.8. The SMILES string of the molecule is CC(C)CCc1nc(-c2ccc(CCN)cc2)n(Cc2ccc(-c3ccccc3-c3nnn[nH]3)cc2)n1. The highest BCUT2D eigenvalue weighted by atomic mass is 15.5. The lowest BCUT2D eigenvalue weighted by Crippen LogP contribution is -2.05. The molecule has 8 nitrogen and oxygen atoms in total. The average molecular weight is 493 g/mol. The van der Waals surface area contributed by atoms with Crippen LogP contribution in [0.2, 0.25) is 0 Å². The number of H-pyrrole nitrogens is 1. The van der Waals surface area contributed by atoms with Gasteiger partial charge in [-0.05, 0) is 58.0 Å². The number of aromatic amines is 1. The van der Waals surface area contributed by atoms with Crippen molar-refractivity contribution in [3.63, 3.8) is 0 Å². The minimum absolute atomic E-state index is 0.606. The molecule has 5 aromatic rings. The second-order valence-electron chi connectivity index (χ2n) is 9.67. The Balaban J connectivity index is 1.42. The monoisotopic (exact) mass is 492 g/mol. The fraction of sp³-hybridized carbons (Fsp3) is 0.276. The molecular weight excluding hydrogens is 460 g/mol. The summed E-state index contributed by atoms with van der Waals surface area (Å²) in [5, 5.41) is 19.3. The zero-order valence-corrected chi connectivity index (χ0v) is 21.3. The lowest BCUT2D eigenvalue weighted by Gasteiger charge is -2.10. The molecule has 3 N–H and O–H groups in total. The van der Waals surface area contributed by atoms with Gasteiger partial charge in [-0.15, -0.1) is 5.10 Å². The van der Waals surface area contributed by atoms with Gasteiger partial charge in [0.1, 0.15) is 0 Å². The highest BCUT2D eigenvalue weighted by Gasteiger charge is 2.14. The van der Waals surface area contributed by atoms with Crippen LogP contribution in [0.25, 0.3) is 33.9 Å². The van der Waals surface area contributed by atoms with Gasteiger partial charge >= 0.3 is 0 Å². The molecule has 0 spiro atoms. The zero-order chi connectivity index (χ0) is 25.6. The number of rotatable bonds is 10. The first kappa shape index (κ1) is 24.5. The fourth-order valence-electron chi connectivity index (χ4n) is 4.40. The normalized spacial score (nSPS) is 11.4. The quantitative estimate of drug-likeness (QED) is 0.286. The topological polar surface area (TPSA) is 111 Å². The predicted octanol–water partition coefficient (Wildman–Crippen LogP) is 4.93. The first-order valence-electron chi connectivity index (χ1n) is 12.8. The number of aryl methyl sites for hydroxylation is 1. The maximum Gasteiger partial charge on any atom is 0.180 e. The van der Waals surface area contributed by atoms with Gasteiger partial charge in [-0.1, -0.05) is 86.6 Å². The van der Waals surface area contributed by atoms with Gasteiger partial charge in [0.15, 0.2) is 17.5 Å². The highest BCUT2D eigenvalue weighted by molar-refractivity contribution is 5.80. The van der Waals surface area contributed by atoms with E-state index in [0.29, 0.717) is 24.8 Å². The summed E-state index contributed by atoms with van der Waals surface area (Å²) in [6.45, 7) is 5.74. The molecular formula is C29H32N8. The van der Waals surface area contributed by atoms with E-state index in [1.165, 1.54) is 5.56 Å². The maximum absolute atomic E-state index is 5.72. The van der Waals surface area contributed by atoms with E-state index in [2.05, 4.69) is 89.1 Å². The molecule has 0 atom stereocenters.